The first-order chi connectivity index (χ1) is 5.72. The van der Waals surface area contributed by atoms with Gasteiger partial charge >= 0.3 is 29.6 Å². The molecule has 0 bridgehead atoms. The molecule has 6 heteroatoms. The molecule has 0 aromatic heterocycles. The third-order valence-electron chi connectivity index (χ3n) is 1.28. The van der Waals surface area contributed by atoms with Gasteiger partial charge in [-0.1, -0.05) is 24.8 Å². The zero-order valence-electron chi connectivity index (χ0n) is 8.73. The summed E-state index contributed by atoms with van der Waals surface area (Å²) in [6.45, 7) is 3.56. The molecule has 1 atom stereocenters. The molecular formula is C8H10NaO4S-. The molecule has 0 amide bonds. The Labute approximate surface area is 109 Å². The smallest absolute Gasteiger partial charge is 1.00 e. The van der Waals surface area contributed by atoms with Crippen LogP contribution in [0.1, 0.15) is 6.99 Å². The number of hydrogen-bond acceptors (Lipinski definition) is 3. The topological polar surface area (TPSA) is 80.9 Å². The summed E-state index contributed by atoms with van der Waals surface area (Å²) in [7, 11) is 0. The molecule has 1 rings (SSSR count). The monoisotopic (exact) mass is 225 g/mol. The molecule has 0 saturated heterocycles. The van der Waals surface area contributed by atoms with Crippen molar-refractivity contribution >= 4 is 17.4 Å². The van der Waals surface area contributed by atoms with E-state index in [0.717, 1.165) is 5.56 Å². The Morgan fingerprint density at radius 3 is 2.29 bits per heavy atom. The van der Waals surface area contributed by atoms with Crippen molar-refractivity contribution in [2.75, 3.05) is 0 Å². The third kappa shape index (κ3) is 5.54. The van der Waals surface area contributed by atoms with E-state index in [4.69, 9.17) is 0 Å². The van der Waals surface area contributed by atoms with Crippen molar-refractivity contribution in [3.05, 3.63) is 36.4 Å². The Morgan fingerprint density at radius 2 is 1.93 bits per heavy atom. The predicted molar refractivity (Wildman–Crippen MR) is 50.8 cm³/mol. The fraction of sp³-hybridized carbons (Fsp3) is 0. The normalized spacial score (nSPS) is 10.4. The van der Waals surface area contributed by atoms with Crippen molar-refractivity contribution in [3.63, 3.8) is 0 Å². The number of benzene rings is 1. The molecule has 4 nitrogen and oxygen atoms in total. The molecule has 0 fully saturated rings. The van der Waals surface area contributed by atoms with Crippen molar-refractivity contribution in [3.8, 4) is 5.75 Å². The van der Waals surface area contributed by atoms with Gasteiger partial charge in [-0.05, 0) is 17.7 Å². The van der Waals surface area contributed by atoms with Gasteiger partial charge in [0, 0.05) is 0 Å². The second kappa shape index (κ2) is 8.16. The standard InChI is InChI=1S/C8H8O3S.Na.H2O.H/c1-2-7-3-5-8(6-4-7)11-12(9)10;;;/h2-6H,1H2,(H,9,10);;1H2;/q;+1;;-1/p-1. The van der Waals surface area contributed by atoms with Crippen molar-refractivity contribution in [1.82, 2.24) is 0 Å². The van der Waals surface area contributed by atoms with Gasteiger partial charge in [0.25, 0.3) is 0 Å². The minimum Gasteiger partial charge on any atom is -1.00 e. The largest absolute Gasteiger partial charge is 1.00 e. The summed E-state index contributed by atoms with van der Waals surface area (Å²) in [5.41, 5.74) is 0.916. The predicted octanol–water partition coefficient (Wildman–Crippen LogP) is -2.21. The minimum atomic E-state index is -2.50. The van der Waals surface area contributed by atoms with E-state index in [9.17, 15) is 8.76 Å². The molecule has 14 heavy (non-hydrogen) atoms. The van der Waals surface area contributed by atoms with Gasteiger partial charge < -0.3 is 15.6 Å². The third-order valence-corrected chi connectivity index (χ3v) is 1.61. The van der Waals surface area contributed by atoms with Gasteiger partial charge in [-0.15, -0.1) is 0 Å². The molecule has 0 heterocycles. The van der Waals surface area contributed by atoms with Crippen LogP contribution in [0, 0.1) is 0 Å². The Hall–Kier alpha value is -0.170. The summed E-state index contributed by atoms with van der Waals surface area (Å²) in [6.07, 6.45) is 1.66. The van der Waals surface area contributed by atoms with E-state index in [-0.39, 0.29) is 36.5 Å². The average Bonchev–Trinajstić information content (AvgIpc) is 2.05. The first-order valence-electron chi connectivity index (χ1n) is 3.22. The van der Waals surface area contributed by atoms with Crippen molar-refractivity contribution < 1.29 is 49.4 Å². The van der Waals surface area contributed by atoms with Crippen LogP contribution in [0.2, 0.25) is 0 Å². The van der Waals surface area contributed by atoms with E-state index in [1.807, 2.05) is 0 Å². The SMILES string of the molecule is C=Cc1ccc(OS(=O)[O-])cc1.O.[H-].[Na+]. The average molecular weight is 225 g/mol. The Bertz CT molecular complexity index is 304. The number of rotatable bonds is 3. The molecule has 2 N–H and O–H groups in total. The van der Waals surface area contributed by atoms with E-state index >= 15 is 0 Å². The molecule has 0 aliphatic rings. The van der Waals surface area contributed by atoms with Crippen molar-refractivity contribution in [1.29, 1.82) is 0 Å². The van der Waals surface area contributed by atoms with Crippen LogP contribution >= 0.6 is 0 Å². The summed E-state index contributed by atoms with van der Waals surface area (Å²) in [5.74, 6) is 0.300. The minimum absolute atomic E-state index is 0. The molecule has 0 aliphatic heterocycles. The summed E-state index contributed by atoms with van der Waals surface area (Å²) >= 11 is -2.50. The van der Waals surface area contributed by atoms with Crippen LogP contribution < -0.4 is 33.7 Å². The molecule has 1 aromatic carbocycles. The molecule has 74 valence electrons. The van der Waals surface area contributed by atoms with Gasteiger partial charge in [-0.3, -0.25) is 0 Å². The van der Waals surface area contributed by atoms with Crippen LogP contribution in [0.25, 0.3) is 6.08 Å². The molecule has 0 saturated carbocycles. The molecule has 1 aromatic rings. The fourth-order valence-corrected chi connectivity index (χ4v) is 1.01. The van der Waals surface area contributed by atoms with Crippen LogP contribution in [0.3, 0.4) is 0 Å². The van der Waals surface area contributed by atoms with E-state index < -0.39 is 11.4 Å². The van der Waals surface area contributed by atoms with Crippen LogP contribution in [0.15, 0.2) is 30.8 Å². The maximum Gasteiger partial charge on any atom is 1.00 e. The Morgan fingerprint density at radius 1 is 1.43 bits per heavy atom. The van der Waals surface area contributed by atoms with Gasteiger partial charge in [0.1, 0.15) is 17.1 Å². The van der Waals surface area contributed by atoms with E-state index in [2.05, 4.69) is 10.8 Å². The first-order valence-corrected chi connectivity index (χ1v) is 4.22. The summed E-state index contributed by atoms with van der Waals surface area (Å²) in [4.78, 5) is 0. The van der Waals surface area contributed by atoms with Gasteiger partial charge in [0.05, 0.1) is 0 Å². The summed E-state index contributed by atoms with van der Waals surface area (Å²) in [6, 6.07) is 6.56. The van der Waals surface area contributed by atoms with Gasteiger partial charge in [0.2, 0.25) is 0 Å². The quantitative estimate of drug-likeness (QED) is 0.432. The van der Waals surface area contributed by atoms with E-state index in [1.54, 1.807) is 30.3 Å². The molecule has 0 radical (unpaired) electrons. The molecule has 0 spiro atoms. The van der Waals surface area contributed by atoms with Crippen molar-refractivity contribution in [2.45, 2.75) is 0 Å². The van der Waals surface area contributed by atoms with Crippen LogP contribution in [0.5, 0.6) is 5.75 Å². The second-order valence-corrected chi connectivity index (χ2v) is 2.64. The second-order valence-electron chi connectivity index (χ2n) is 2.06. The fourth-order valence-electron chi connectivity index (χ4n) is 0.738. The molecule has 0 aliphatic carbocycles. The molecular weight excluding hydrogens is 215 g/mol. The van der Waals surface area contributed by atoms with Crippen LogP contribution in [-0.2, 0) is 11.4 Å². The maximum atomic E-state index is 10.1. The first kappa shape index (κ1) is 16.3. The van der Waals surface area contributed by atoms with Crippen LogP contribution in [-0.4, -0.2) is 14.2 Å². The summed E-state index contributed by atoms with van der Waals surface area (Å²) < 4.78 is 24.6. The van der Waals surface area contributed by atoms with Crippen LogP contribution in [0.4, 0.5) is 0 Å². The van der Waals surface area contributed by atoms with E-state index in [1.165, 1.54) is 0 Å². The van der Waals surface area contributed by atoms with Gasteiger partial charge in [-0.25, -0.2) is 4.21 Å². The Balaban J connectivity index is -0.000000480. The summed E-state index contributed by atoms with van der Waals surface area (Å²) in [5, 5.41) is 0. The van der Waals surface area contributed by atoms with Gasteiger partial charge in [0.15, 0.2) is 0 Å². The number of hydrogen-bond donors (Lipinski definition) is 0. The zero-order chi connectivity index (χ0) is 8.97. The molecule has 1 unspecified atom stereocenters. The maximum absolute atomic E-state index is 10.1. The zero-order valence-corrected chi connectivity index (χ0v) is 10.5. The van der Waals surface area contributed by atoms with Crippen molar-refractivity contribution in [2.24, 2.45) is 0 Å². The Kier molecular flexibility index (Phi) is 9.49. The van der Waals surface area contributed by atoms with E-state index in [0.29, 0.717) is 5.75 Å². The van der Waals surface area contributed by atoms with Gasteiger partial charge in [-0.2, -0.15) is 0 Å².